The molecule has 2 aromatic rings. The van der Waals surface area contributed by atoms with Gasteiger partial charge in [-0.1, -0.05) is 28.9 Å². The van der Waals surface area contributed by atoms with Crippen molar-refractivity contribution in [2.45, 2.75) is 6.92 Å². The van der Waals surface area contributed by atoms with Crippen molar-refractivity contribution < 1.29 is 4.79 Å². The van der Waals surface area contributed by atoms with Crippen molar-refractivity contribution >= 4 is 17.5 Å². The predicted octanol–water partition coefficient (Wildman–Crippen LogP) is 1.72. The summed E-state index contributed by atoms with van der Waals surface area (Å²) >= 11 is 6.11. The Bertz CT molecular complexity index is 769. The SMILES string of the molecule is Cc1c(C(=O)N(CC#N)CC#N)nnn1-c1ccccc1Cl. The number of carbonyl (C=O) groups is 1. The number of nitrogens with zero attached hydrogens (tertiary/aromatic N) is 6. The van der Waals surface area contributed by atoms with Crippen molar-refractivity contribution in [2.24, 2.45) is 0 Å². The summed E-state index contributed by atoms with van der Waals surface area (Å²) in [5, 5.41) is 25.7. The minimum absolute atomic E-state index is 0.0884. The van der Waals surface area contributed by atoms with Crippen LogP contribution in [0.2, 0.25) is 5.02 Å². The van der Waals surface area contributed by atoms with Gasteiger partial charge in [-0.05, 0) is 19.1 Å². The molecule has 2 rings (SSSR count). The van der Waals surface area contributed by atoms with Crippen LogP contribution >= 0.6 is 11.6 Å². The van der Waals surface area contributed by atoms with Gasteiger partial charge in [-0.25, -0.2) is 4.68 Å². The van der Waals surface area contributed by atoms with E-state index in [0.29, 0.717) is 16.4 Å². The fourth-order valence-corrected chi connectivity index (χ4v) is 2.11. The first-order valence-corrected chi connectivity index (χ1v) is 6.68. The second-order valence-corrected chi connectivity index (χ2v) is 4.77. The van der Waals surface area contributed by atoms with Gasteiger partial charge >= 0.3 is 0 Å². The summed E-state index contributed by atoms with van der Waals surface area (Å²) in [6.07, 6.45) is 0. The first-order valence-electron chi connectivity index (χ1n) is 6.30. The zero-order valence-corrected chi connectivity index (χ0v) is 12.4. The lowest BCUT2D eigenvalue weighted by molar-refractivity contribution is 0.0788. The van der Waals surface area contributed by atoms with Crippen molar-refractivity contribution in [3.63, 3.8) is 0 Å². The molecule has 0 radical (unpaired) electrons. The molecule has 1 heterocycles. The van der Waals surface area contributed by atoms with E-state index in [4.69, 9.17) is 22.1 Å². The maximum Gasteiger partial charge on any atom is 0.278 e. The van der Waals surface area contributed by atoms with Gasteiger partial charge in [0.15, 0.2) is 5.69 Å². The molecule has 0 fully saturated rings. The standard InChI is InChI=1S/C14H11ClN6O/c1-10-13(14(22)20(8-6-16)9-7-17)18-19-21(10)12-5-3-2-4-11(12)15/h2-5H,8-9H2,1H3. The van der Waals surface area contributed by atoms with Crippen LogP contribution in [-0.4, -0.2) is 38.9 Å². The van der Waals surface area contributed by atoms with Crippen LogP contribution in [-0.2, 0) is 0 Å². The first-order chi connectivity index (χ1) is 10.6. The highest BCUT2D eigenvalue weighted by Gasteiger charge is 2.23. The number of halogens is 1. The molecule has 0 atom stereocenters. The highest BCUT2D eigenvalue weighted by atomic mass is 35.5. The molecular formula is C14H11ClN6O. The lowest BCUT2D eigenvalue weighted by Crippen LogP contribution is -2.32. The van der Waals surface area contributed by atoms with E-state index in [0.717, 1.165) is 4.90 Å². The molecule has 8 heteroatoms. The Morgan fingerprint density at radius 1 is 1.32 bits per heavy atom. The third-order valence-electron chi connectivity index (χ3n) is 2.99. The van der Waals surface area contributed by atoms with Crippen molar-refractivity contribution in [1.82, 2.24) is 19.9 Å². The molecule has 0 unspecified atom stereocenters. The Balaban J connectivity index is 2.40. The number of hydrogen-bond donors (Lipinski definition) is 0. The Morgan fingerprint density at radius 2 is 1.95 bits per heavy atom. The molecule has 0 bridgehead atoms. The zero-order valence-electron chi connectivity index (χ0n) is 11.7. The molecule has 110 valence electrons. The summed E-state index contributed by atoms with van der Waals surface area (Å²) in [4.78, 5) is 13.5. The van der Waals surface area contributed by atoms with Crippen LogP contribution in [0, 0.1) is 29.6 Å². The van der Waals surface area contributed by atoms with Gasteiger partial charge in [0.1, 0.15) is 13.1 Å². The Kier molecular flexibility index (Phi) is 4.72. The highest BCUT2D eigenvalue weighted by Crippen LogP contribution is 2.21. The van der Waals surface area contributed by atoms with Crippen LogP contribution in [0.15, 0.2) is 24.3 Å². The number of amides is 1. The summed E-state index contributed by atoms with van der Waals surface area (Å²) in [6, 6.07) is 10.7. The van der Waals surface area contributed by atoms with Gasteiger partial charge in [-0.15, -0.1) is 5.10 Å². The first kappa shape index (κ1) is 15.5. The van der Waals surface area contributed by atoms with Gasteiger partial charge < -0.3 is 4.90 Å². The maximum absolute atomic E-state index is 12.4. The number of nitriles is 2. The Hall–Kier alpha value is -2.90. The molecule has 0 saturated carbocycles. The zero-order chi connectivity index (χ0) is 16.1. The van der Waals surface area contributed by atoms with E-state index in [9.17, 15) is 4.79 Å². The molecule has 0 saturated heterocycles. The van der Waals surface area contributed by atoms with E-state index in [1.807, 2.05) is 12.1 Å². The van der Waals surface area contributed by atoms with E-state index in [1.54, 1.807) is 31.2 Å². The molecule has 1 aromatic heterocycles. The third kappa shape index (κ3) is 2.90. The molecule has 0 spiro atoms. The van der Waals surface area contributed by atoms with Gasteiger partial charge in [-0.3, -0.25) is 4.79 Å². The molecule has 1 amide bonds. The van der Waals surface area contributed by atoms with Crippen LogP contribution in [0.1, 0.15) is 16.2 Å². The quantitative estimate of drug-likeness (QED) is 0.800. The fourth-order valence-electron chi connectivity index (χ4n) is 1.90. The van der Waals surface area contributed by atoms with E-state index >= 15 is 0 Å². The van der Waals surface area contributed by atoms with Crippen molar-refractivity contribution in [3.05, 3.63) is 40.7 Å². The lowest BCUT2D eigenvalue weighted by Gasteiger charge is -2.14. The summed E-state index contributed by atoms with van der Waals surface area (Å²) in [6.45, 7) is 1.29. The topological polar surface area (TPSA) is 98.6 Å². The van der Waals surface area contributed by atoms with Crippen LogP contribution < -0.4 is 0 Å². The number of carbonyl (C=O) groups excluding carboxylic acids is 1. The molecule has 0 aliphatic heterocycles. The number of rotatable bonds is 4. The van der Waals surface area contributed by atoms with Crippen LogP contribution in [0.3, 0.4) is 0 Å². The second-order valence-electron chi connectivity index (χ2n) is 4.36. The summed E-state index contributed by atoms with van der Waals surface area (Å²) in [7, 11) is 0. The molecule has 22 heavy (non-hydrogen) atoms. The van der Waals surface area contributed by atoms with Gasteiger partial charge in [-0.2, -0.15) is 10.5 Å². The lowest BCUT2D eigenvalue weighted by atomic mass is 10.2. The molecular weight excluding hydrogens is 304 g/mol. The number of benzene rings is 1. The predicted molar refractivity (Wildman–Crippen MR) is 78.2 cm³/mol. The molecule has 0 N–H and O–H groups in total. The molecule has 0 aliphatic carbocycles. The second kappa shape index (κ2) is 6.70. The minimum Gasteiger partial charge on any atom is -0.311 e. The maximum atomic E-state index is 12.4. The molecule has 0 aliphatic rings. The summed E-state index contributed by atoms with van der Waals surface area (Å²) < 4.78 is 1.45. The monoisotopic (exact) mass is 314 g/mol. The number of hydrogen-bond acceptors (Lipinski definition) is 5. The fraction of sp³-hybridized carbons (Fsp3) is 0.214. The number of aromatic nitrogens is 3. The van der Waals surface area contributed by atoms with E-state index < -0.39 is 5.91 Å². The number of para-hydroxylation sites is 1. The smallest absolute Gasteiger partial charge is 0.278 e. The van der Waals surface area contributed by atoms with Crippen LogP contribution in [0.25, 0.3) is 5.69 Å². The van der Waals surface area contributed by atoms with Crippen molar-refractivity contribution in [2.75, 3.05) is 13.1 Å². The Morgan fingerprint density at radius 3 is 2.55 bits per heavy atom. The van der Waals surface area contributed by atoms with Crippen molar-refractivity contribution in [3.8, 4) is 17.8 Å². The van der Waals surface area contributed by atoms with Gasteiger partial charge in [0.2, 0.25) is 0 Å². The van der Waals surface area contributed by atoms with Gasteiger partial charge in [0.25, 0.3) is 5.91 Å². The summed E-state index contributed by atoms with van der Waals surface area (Å²) in [5.41, 5.74) is 1.17. The molecule has 1 aromatic carbocycles. The largest absolute Gasteiger partial charge is 0.311 e. The van der Waals surface area contributed by atoms with Crippen molar-refractivity contribution in [1.29, 1.82) is 10.5 Å². The average Bonchev–Trinajstić information content (AvgIpc) is 2.88. The van der Waals surface area contributed by atoms with Crippen LogP contribution in [0.5, 0.6) is 0 Å². The molecule has 7 nitrogen and oxygen atoms in total. The van der Waals surface area contributed by atoms with Crippen LogP contribution in [0.4, 0.5) is 0 Å². The van der Waals surface area contributed by atoms with Gasteiger partial charge in [0, 0.05) is 0 Å². The average molecular weight is 315 g/mol. The normalized spacial score (nSPS) is 9.82. The summed E-state index contributed by atoms with van der Waals surface area (Å²) in [5.74, 6) is -0.515. The minimum atomic E-state index is -0.515. The van der Waals surface area contributed by atoms with E-state index in [-0.39, 0.29) is 18.8 Å². The van der Waals surface area contributed by atoms with Gasteiger partial charge in [0.05, 0.1) is 28.5 Å². The highest BCUT2D eigenvalue weighted by molar-refractivity contribution is 6.32. The van der Waals surface area contributed by atoms with E-state index in [1.165, 1.54) is 4.68 Å². The third-order valence-corrected chi connectivity index (χ3v) is 3.31. The Labute approximate surface area is 131 Å². The van der Waals surface area contributed by atoms with E-state index in [2.05, 4.69) is 10.3 Å².